The third-order valence-corrected chi connectivity index (χ3v) is 20.1. The van der Waals surface area contributed by atoms with E-state index in [-0.39, 0.29) is 0 Å². The van der Waals surface area contributed by atoms with Crippen molar-refractivity contribution in [3.05, 3.63) is 0 Å². The molecule has 0 saturated heterocycles. The fraction of sp³-hybridized carbons (Fsp3) is 0.973. The van der Waals surface area contributed by atoms with E-state index in [0.717, 1.165) is 0 Å². The van der Waals surface area contributed by atoms with Crippen LogP contribution in [0.4, 0.5) is 0 Å². The molecule has 0 aromatic carbocycles. The summed E-state index contributed by atoms with van der Waals surface area (Å²) in [5.74, 6) is 0. The molecule has 0 atom stereocenters. The normalized spacial score (nSPS) is 26.4. The van der Waals surface area contributed by atoms with Gasteiger partial charge in [0.15, 0.2) is 0 Å². The van der Waals surface area contributed by atoms with E-state index in [4.69, 9.17) is 4.79 Å². The molecule has 0 aliphatic heterocycles. The van der Waals surface area contributed by atoms with Gasteiger partial charge in [0.05, 0.1) is 0 Å². The van der Waals surface area contributed by atoms with Crippen molar-refractivity contribution >= 4 is 32.3 Å². The SMILES string of the molecule is C1CCC(P(C2CCCCC2)C2CCCCC2)CC1.C1CCC(P(C2CCCCC2)C2CCCCC2)CC1.C=O.[Cl][RuH]. The van der Waals surface area contributed by atoms with Crippen molar-refractivity contribution in [2.45, 2.75) is 227 Å². The molecule has 0 unspecified atom stereocenters. The Bertz CT molecular complexity index is 492. The van der Waals surface area contributed by atoms with Crippen LogP contribution in [0.25, 0.3) is 0 Å². The molecular formula is C37H69ClOP2Ru. The first-order chi connectivity index (χ1) is 20.9. The Morgan fingerprint density at radius 3 is 0.548 bits per heavy atom. The molecule has 0 aromatic rings. The summed E-state index contributed by atoms with van der Waals surface area (Å²) in [5, 5.41) is 0. The second-order valence-electron chi connectivity index (χ2n) is 14.6. The van der Waals surface area contributed by atoms with E-state index >= 15 is 0 Å². The molecule has 0 amide bonds. The van der Waals surface area contributed by atoms with Crippen LogP contribution in [-0.4, -0.2) is 40.7 Å². The molecule has 6 aliphatic rings. The number of carbonyl (C=O) groups excluding carboxylic acids is 1. The van der Waals surface area contributed by atoms with Crippen molar-refractivity contribution in [2.24, 2.45) is 0 Å². The zero-order valence-corrected chi connectivity index (χ0v) is 31.8. The monoisotopic (exact) mass is 728 g/mol. The summed E-state index contributed by atoms with van der Waals surface area (Å²) in [4.78, 5) is 8.00. The predicted octanol–water partition coefficient (Wildman–Crippen LogP) is 13.2. The first-order valence-electron chi connectivity index (χ1n) is 18.9. The molecule has 42 heavy (non-hydrogen) atoms. The van der Waals surface area contributed by atoms with Crippen LogP contribution in [0, 0.1) is 0 Å². The van der Waals surface area contributed by atoms with Crippen molar-refractivity contribution in [2.75, 3.05) is 0 Å². The van der Waals surface area contributed by atoms with Crippen molar-refractivity contribution in [3.8, 4) is 0 Å². The standard InChI is InChI=1S/2C18H33P.CH2O.ClH.Ru.H/c2*1-4-10-16(11-5-1)19(17-12-6-2-7-13-17)18-14-8-3-9-15-18;1-2;;;/h2*16-18H,1-15H2;1H2;1H;;/q;;;;+1;/p-1. The van der Waals surface area contributed by atoms with E-state index in [2.05, 4.69) is 9.69 Å². The third kappa shape index (κ3) is 12.6. The van der Waals surface area contributed by atoms with E-state index in [1.165, 1.54) is 72.5 Å². The van der Waals surface area contributed by atoms with E-state index < -0.39 is 0 Å². The van der Waals surface area contributed by atoms with Crippen molar-refractivity contribution in [1.82, 2.24) is 0 Å². The molecule has 0 radical (unpaired) electrons. The van der Waals surface area contributed by atoms with Gasteiger partial charge in [0.2, 0.25) is 0 Å². The van der Waals surface area contributed by atoms with Crippen molar-refractivity contribution < 1.29 is 22.1 Å². The van der Waals surface area contributed by atoms with Crippen molar-refractivity contribution in [3.63, 3.8) is 0 Å². The van der Waals surface area contributed by atoms with Crippen LogP contribution in [0.1, 0.15) is 193 Å². The van der Waals surface area contributed by atoms with Gasteiger partial charge in [0, 0.05) is 0 Å². The summed E-state index contributed by atoms with van der Waals surface area (Å²) >= 11 is 1.62. The van der Waals surface area contributed by atoms with Crippen LogP contribution < -0.4 is 0 Å². The van der Waals surface area contributed by atoms with Gasteiger partial charge in [-0.3, -0.25) is 0 Å². The quantitative estimate of drug-likeness (QED) is 0.197. The van der Waals surface area contributed by atoms with Gasteiger partial charge in [-0.05, 0) is 111 Å². The summed E-state index contributed by atoms with van der Waals surface area (Å²) in [6.45, 7) is 2.00. The van der Waals surface area contributed by atoms with Gasteiger partial charge in [-0.1, -0.05) is 131 Å². The first-order valence-corrected chi connectivity index (χ1v) is 24.4. The zero-order valence-electron chi connectivity index (χ0n) is 27.4. The minimum absolute atomic E-state index is 0.385. The second-order valence-corrected chi connectivity index (χ2v) is 20.8. The molecule has 6 rings (SSSR count). The van der Waals surface area contributed by atoms with Crippen LogP contribution in [0.5, 0.6) is 0 Å². The number of carbonyl (C=O) groups is 1. The Kier molecular flexibility index (Phi) is 21.4. The molecule has 0 spiro atoms. The number of hydrogen-bond acceptors (Lipinski definition) is 1. The Balaban J connectivity index is 0.000000206. The fourth-order valence-corrected chi connectivity index (χ4v) is 19.4. The summed E-state index contributed by atoms with van der Waals surface area (Å²) < 4.78 is 0. The summed E-state index contributed by atoms with van der Waals surface area (Å²) in [7, 11) is 5.38. The molecule has 0 N–H and O–H groups in total. The first kappa shape index (κ1) is 37.9. The fourth-order valence-electron chi connectivity index (χ4n) is 10.1. The van der Waals surface area contributed by atoms with Crippen molar-refractivity contribution in [1.29, 1.82) is 0 Å². The molecule has 1 nitrogen and oxygen atoms in total. The number of hydrogen-bond donors (Lipinski definition) is 0. The Labute approximate surface area is 279 Å². The molecule has 6 saturated carbocycles. The average molecular weight is 728 g/mol. The van der Waals surface area contributed by atoms with E-state index in [9.17, 15) is 0 Å². The summed E-state index contributed by atoms with van der Waals surface area (Å²) in [5.41, 5.74) is 7.14. The topological polar surface area (TPSA) is 17.1 Å². The maximum absolute atomic E-state index is 8.00. The zero-order chi connectivity index (χ0) is 29.8. The number of halogens is 1. The van der Waals surface area contributed by atoms with Crippen LogP contribution in [0.3, 0.4) is 0 Å². The van der Waals surface area contributed by atoms with E-state index in [1.807, 2.05) is 6.79 Å². The molecular weight excluding hydrogens is 659 g/mol. The summed E-state index contributed by atoms with van der Waals surface area (Å²) in [6, 6.07) is 0. The van der Waals surface area contributed by atoms with Gasteiger partial charge >= 0.3 is 27.0 Å². The second kappa shape index (κ2) is 23.7. The van der Waals surface area contributed by atoms with Crippen LogP contribution in [0.15, 0.2) is 0 Å². The van der Waals surface area contributed by atoms with Gasteiger partial charge in [0.1, 0.15) is 6.79 Å². The molecule has 248 valence electrons. The predicted molar refractivity (Wildman–Crippen MR) is 189 cm³/mol. The average Bonchev–Trinajstić information content (AvgIpc) is 3.10. The maximum atomic E-state index is 8.00. The molecule has 0 bridgehead atoms. The van der Waals surface area contributed by atoms with Gasteiger partial charge in [-0.2, -0.15) is 0 Å². The molecule has 5 heteroatoms. The Morgan fingerprint density at radius 1 is 0.310 bits per heavy atom. The van der Waals surface area contributed by atoms with Gasteiger partial charge in [-0.25, -0.2) is 0 Å². The molecule has 0 aromatic heterocycles. The molecule has 0 heterocycles. The van der Waals surface area contributed by atoms with E-state index in [0.29, 0.717) is 15.8 Å². The molecule has 6 aliphatic carbocycles. The van der Waals surface area contributed by atoms with Gasteiger partial charge in [-0.15, -0.1) is 0 Å². The molecule has 6 fully saturated rings. The third-order valence-electron chi connectivity index (χ3n) is 12.0. The van der Waals surface area contributed by atoms with Crippen LogP contribution in [-0.2, 0) is 22.1 Å². The van der Waals surface area contributed by atoms with Gasteiger partial charge < -0.3 is 4.79 Å². The van der Waals surface area contributed by atoms with Crippen LogP contribution >= 0.6 is 25.5 Å². The van der Waals surface area contributed by atoms with Gasteiger partial charge in [0.25, 0.3) is 0 Å². The summed E-state index contributed by atoms with van der Waals surface area (Å²) in [6.07, 6.45) is 47.2. The minimum atomic E-state index is 0.385. The number of rotatable bonds is 6. The van der Waals surface area contributed by atoms with E-state index in [1.54, 1.807) is 171 Å². The Morgan fingerprint density at radius 2 is 0.429 bits per heavy atom. The Hall–Kier alpha value is 1.44. The van der Waals surface area contributed by atoms with Crippen LogP contribution in [0.2, 0.25) is 0 Å².